The molecule has 0 heterocycles. The molecule has 0 amide bonds. The number of benzene rings is 2. The van der Waals surface area contributed by atoms with Crippen molar-refractivity contribution in [1.29, 1.82) is 0 Å². The van der Waals surface area contributed by atoms with Gasteiger partial charge in [-0.2, -0.15) is 0 Å². The van der Waals surface area contributed by atoms with Crippen LogP contribution in [0.1, 0.15) is 13.8 Å². The fourth-order valence-corrected chi connectivity index (χ4v) is 1.57. The minimum Gasteiger partial charge on any atom is -0.550 e. The largest absolute Gasteiger partial charge is 2.00 e. The molecule has 0 aliphatic heterocycles. The summed E-state index contributed by atoms with van der Waals surface area (Å²) in [6.45, 7) is 1.94. The molecule has 2 N–H and O–H groups in total. The summed E-state index contributed by atoms with van der Waals surface area (Å²) in [7, 11) is 0. The summed E-state index contributed by atoms with van der Waals surface area (Å²) in [6, 6.07) is 19.7. The molecule has 1 radical (unpaired) electrons. The molecule has 0 bridgehead atoms. The number of anilines is 2. The summed E-state index contributed by atoms with van der Waals surface area (Å²) in [6.07, 6.45) is 0. The molecule has 25 heavy (non-hydrogen) atoms. The smallest absolute Gasteiger partial charge is 0.550 e. The maximum absolute atomic E-state index is 8.89. The van der Waals surface area contributed by atoms with E-state index in [1.807, 2.05) is 60.7 Å². The van der Waals surface area contributed by atoms with Crippen LogP contribution in [0.25, 0.3) is 0 Å². The molecule has 0 aliphatic carbocycles. The molecule has 137 valence electrons. The Labute approximate surface area is 162 Å². The van der Waals surface area contributed by atoms with Crippen LogP contribution in [0, 0.1) is 0 Å². The van der Waals surface area contributed by atoms with Crippen LogP contribution in [0.2, 0.25) is 0 Å². The van der Waals surface area contributed by atoms with Gasteiger partial charge in [0.25, 0.3) is 0 Å². The molecule has 0 fully saturated rings. The number of hydrogen-bond acceptors (Lipinski definition) is 5. The molecule has 2 aromatic carbocycles. The Balaban J connectivity index is 0. The second-order valence-electron chi connectivity index (χ2n) is 4.29. The Morgan fingerprint density at radius 1 is 0.760 bits per heavy atom. The van der Waals surface area contributed by atoms with Crippen LogP contribution in [-0.4, -0.2) is 17.1 Å². The number of aliphatic carboxylic acids is 2. The van der Waals surface area contributed by atoms with E-state index in [9.17, 15) is 0 Å². The zero-order valence-electron chi connectivity index (χ0n) is 13.6. The average molecular weight is 410 g/mol. The normalized spacial score (nSPS) is 8.08. The first-order valence-corrected chi connectivity index (χ1v) is 7.25. The number of carbonyl (C=O) groups is 2. The molecule has 0 aromatic heterocycles. The Hall–Kier alpha value is -2.41. The molecule has 6 nitrogen and oxygen atoms in total. The molecule has 0 aliphatic rings. The molecule has 0 saturated carbocycles. The van der Waals surface area contributed by atoms with Gasteiger partial charge in [0.1, 0.15) is 0 Å². The summed E-state index contributed by atoms with van der Waals surface area (Å²) in [5.74, 6) is -2.17. The molecule has 0 unspecified atom stereocenters. The number of thiocarbonyl (C=S) groups is 1. The van der Waals surface area contributed by atoms with E-state index in [2.05, 4.69) is 10.6 Å². The standard InChI is InChI=1S/C13H12N2S.2C2H4O2.Cu/c16-13(14-11-7-3-1-4-8-11)15-12-9-5-2-6-10-12;2*1-2(3)4;/h1-10H,(H2,14,15,16);2*1H3,(H,3,4);/q;;;+2/p-2. The van der Waals surface area contributed by atoms with Gasteiger partial charge in [0, 0.05) is 23.3 Å². The third-order valence-electron chi connectivity index (χ3n) is 2.06. The van der Waals surface area contributed by atoms with Gasteiger partial charge in [-0.3, -0.25) is 0 Å². The number of carbonyl (C=O) groups excluding carboxylic acids is 2. The Morgan fingerprint density at radius 3 is 1.24 bits per heavy atom. The van der Waals surface area contributed by atoms with Crippen LogP contribution in [0.4, 0.5) is 11.4 Å². The average Bonchev–Trinajstić information content (AvgIpc) is 2.48. The number of para-hydroxylation sites is 2. The number of carboxylic acids is 2. The van der Waals surface area contributed by atoms with Crippen LogP contribution in [0.15, 0.2) is 60.7 Å². The quantitative estimate of drug-likeness (QED) is 0.563. The van der Waals surface area contributed by atoms with E-state index in [0.717, 1.165) is 25.2 Å². The summed E-state index contributed by atoms with van der Waals surface area (Å²) < 4.78 is 0. The second-order valence-corrected chi connectivity index (χ2v) is 4.70. The fourth-order valence-electron chi connectivity index (χ4n) is 1.34. The maximum Gasteiger partial charge on any atom is 2.00 e. The summed E-state index contributed by atoms with van der Waals surface area (Å²) in [5, 5.41) is 24.6. The summed E-state index contributed by atoms with van der Waals surface area (Å²) >= 11 is 5.20. The number of carboxylic acid groups (broad SMARTS) is 2. The van der Waals surface area contributed by atoms with Gasteiger partial charge in [0.2, 0.25) is 0 Å². The Bertz CT molecular complexity index is 576. The predicted octanol–water partition coefficient (Wildman–Crippen LogP) is 1.01. The molecule has 0 saturated heterocycles. The van der Waals surface area contributed by atoms with Gasteiger partial charge >= 0.3 is 17.1 Å². The molecule has 0 atom stereocenters. The third kappa shape index (κ3) is 17.8. The molecular weight excluding hydrogens is 392 g/mol. The van der Waals surface area contributed by atoms with Crippen molar-refractivity contribution in [3.63, 3.8) is 0 Å². The molecule has 2 aromatic rings. The first-order chi connectivity index (χ1) is 11.3. The van der Waals surface area contributed by atoms with E-state index in [1.165, 1.54) is 0 Å². The first kappa shape index (κ1) is 24.8. The molecular formula is C17H18CuN2O4S. The summed E-state index contributed by atoms with van der Waals surface area (Å²) in [5.41, 5.74) is 1.96. The van der Waals surface area contributed by atoms with Gasteiger partial charge in [-0.1, -0.05) is 36.4 Å². The SMILES string of the molecule is CC(=O)[O-].CC(=O)[O-].S=C(Nc1ccccc1)Nc1ccccc1.[Cu+2]. The number of hydrogen-bond donors (Lipinski definition) is 2. The van der Waals surface area contributed by atoms with Crippen molar-refractivity contribution in [2.45, 2.75) is 13.8 Å². The second kappa shape index (κ2) is 15.1. The fraction of sp³-hybridized carbons (Fsp3) is 0.118. The molecule has 2 rings (SSSR count). The van der Waals surface area contributed by atoms with E-state index in [0.29, 0.717) is 5.11 Å². The molecule has 8 heteroatoms. The minimum atomic E-state index is -1.08. The zero-order valence-corrected chi connectivity index (χ0v) is 15.4. The van der Waals surface area contributed by atoms with Gasteiger partial charge in [0.05, 0.1) is 0 Å². The van der Waals surface area contributed by atoms with Crippen molar-refractivity contribution < 1.29 is 36.9 Å². The van der Waals surface area contributed by atoms with Crippen molar-refractivity contribution in [3.8, 4) is 0 Å². The van der Waals surface area contributed by atoms with Crippen LogP contribution in [0.5, 0.6) is 0 Å². The monoisotopic (exact) mass is 409 g/mol. The predicted molar refractivity (Wildman–Crippen MR) is 94.1 cm³/mol. The van der Waals surface area contributed by atoms with E-state index in [4.69, 9.17) is 32.0 Å². The van der Waals surface area contributed by atoms with Crippen molar-refractivity contribution >= 4 is 40.6 Å². The number of rotatable bonds is 2. The van der Waals surface area contributed by atoms with Crippen LogP contribution < -0.4 is 20.8 Å². The van der Waals surface area contributed by atoms with Crippen molar-refractivity contribution in [2.24, 2.45) is 0 Å². The minimum absolute atomic E-state index is 0. The zero-order chi connectivity index (χ0) is 18.4. The van der Waals surface area contributed by atoms with Gasteiger partial charge in [-0.25, -0.2) is 0 Å². The Kier molecular flexibility index (Phi) is 15.0. The van der Waals surface area contributed by atoms with Crippen molar-refractivity contribution in [3.05, 3.63) is 60.7 Å². The van der Waals surface area contributed by atoms with E-state index >= 15 is 0 Å². The van der Waals surface area contributed by atoms with Gasteiger partial charge in [0.15, 0.2) is 5.11 Å². The van der Waals surface area contributed by atoms with E-state index in [1.54, 1.807) is 0 Å². The van der Waals surface area contributed by atoms with Gasteiger partial charge < -0.3 is 30.4 Å². The maximum atomic E-state index is 8.89. The van der Waals surface area contributed by atoms with Crippen LogP contribution >= 0.6 is 12.2 Å². The van der Waals surface area contributed by atoms with E-state index < -0.39 is 11.9 Å². The third-order valence-corrected chi connectivity index (χ3v) is 2.27. The van der Waals surface area contributed by atoms with Crippen LogP contribution in [0.3, 0.4) is 0 Å². The van der Waals surface area contributed by atoms with Gasteiger partial charge in [-0.05, 0) is 50.3 Å². The van der Waals surface area contributed by atoms with Crippen molar-refractivity contribution in [1.82, 2.24) is 0 Å². The van der Waals surface area contributed by atoms with Crippen molar-refractivity contribution in [2.75, 3.05) is 10.6 Å². The Morgan fingerprint density at radius 2 is 1.00 bits per heavy atom. The summed E-state index contributed by atoms with van der Waals surface area (Å²) in [4.78, 5) is 17.8. The number of nitrogens with one attached hydrogen (secondary N) is 2. The topological polar surface area (TPSA) is 104 Å². The van der Waals surface area contributed by atoms with Crippen LogP contribution in [-0.2, 0) is 26.7 Å². The molecule has 0 spiro atoms. The van der Waals surface area contributed by atoms with E-state index in [-0.39, 0.29) is 17.1 Å². The first-order valence-electron chi connectivity index (χ1n) is 6.84. The van der Waals surface area contributed by atoms with Gasteiger partial charge in [-0.15, -0.1) is 0 Å².